The van der Waals surface area contributed by atoms with Crippen LogP contribution in [0.1, 0.15) is 19.3 Å². The van der Waals surface area contributed by atoms with E-state index in [1.165, 1.54) is 55.7 Å². The maximum atomic E-state index is 13.4. The number of piperidine rings is 1. The van der Waals surface area contributed by atoms with E-state index in [-0.39, 0.29) is 10.6 Å². The van der Waals surface area contributed by atoms with Gasteiger partial charge in [0.15, 0.2) is 0 Å². The summed E-state index contributed by atoms with van der Waals surface area (Å²) in [5, 5.41) is 2.77. The molecule has 0 aromatic heterocycles. The topological polar surface area (TPSA) is 69.7 Å². The van der Waals surface area contributed by atoms with E-state index >= 15 is 0 Å². The molecule has 33 heavy (non-hydrogen) atoms. The molecule has 4 rings (SSSR count). The molecular formula is C25H26FN3O3S. The van der Waals surface area contributed by atoms with Gasteiger partial charge in [-0.25, -0.2) is 12.8 Å². The molecule has 6 nitrogen and oxygen atoms in total. The average molecular weight is 468 g/mol. The van der Waals surface area contributed by atoms with Gasteiger partial charge in [-0.1, -0.05) is 18.2 Å². The molecule has 0 radical (unpaired) electrons. The van der Waals surface area contributed by atoms with E-state index in [9.17, 15) is 17.6 Å². The van der Waals surface area contributed by atoms with Crippen molar-refractivity contribution in [1.82, 2.24) is 0 Å². The highest BCUT2D eigenvalue weighted by Gasteiger charge is 2.27. The van der Waals surface area contributed by atoms with Crippen LogP contribution in [0.4, 0.5) is 21.5 Å². The number of benzene rings is 3. The molecule has 3 aromatic rings. The summed E-state index contributed by atoms with van der Waals surface area (Å²) in [6, 6.07) is 20.4. The number of halogens is 1. The normalized spacial score (nSPS) is 14.0. The van der Waals surface area contributed by atoms with Crippen molar-refractivity contribution in [2.24, 2.45) is 0 Å². The Hall–Kier alpha value is -3.39. The van der Waals surface area contributed by atoms with E-state index in [1.54, 1.807) is 18.2 Å². The zero-order valence-corrected chi connectivity index (χ0v) is 19.0. The first-order valence-corrected chi connectivity index (χ1v) is 12.4. The molecule has 0 bridgehead atoms. The van der Waals surface area contributed by atoms with Gasteiger partial charge in [-0.3, -0.25) is 9.10 Å². The molecule has 1 aliphatic heterocycles. The Kier molecular flexibility index (Phi) is 6.93. The van der Waals surface area contributed by atoms with Crippen LogP contribution < -0.4 is 14.5 Å². The van der Waals surface area contributed by atoms with Crippen LogP contribution in [0.25, 0.3) is 0 Å². The number of nitrogens with zero attached hydrogens (tertiary/aromatic N) is 2. The molecule has 0 aliphatic carbocycles. The first kappa shape index (κ1) is 22.8. The largest absolute Gasteiger partial charge is 0.372 e. The lowest BCUT2D eigenvalue weighted by molar-refractivity contribution is -0.114. The van der Waals surface area contributed by atoms with Crippen LogP contribution in [0.2, 0.25) is 0 Å². The molecule has 1 N–H and O–H groups in total. The third-order valence-corrected chi connectivity index (χ3v) is 7.39. The van der Waals surface area contributed by atoms with Crippen molar-refractivity contribution in [2.75, 3.05) is 34.2 Å². The zero-order chi connectivity index (χ0) is 23.3. The Balaban J connectivity index is 1.52. The zero-order valence-electron chi connectivity index (χ0n) is 18.2. The van der Waals surface area contributed by atoms with Gasteiger partial charge in [0.1, 0.15) is 12.4 Å². The molecule has 8 heteroatoms. The summed E-state index contributed by atoms with van der Waals surface area (Å²) < 4.78 is 41.0. The lowest BCUT2D eigenvalue weighted by Crippen LogP contribution is -2.38. The van der Waals surface area contributed by atoms with Crippen molar-refractivity contribution < 1.29 is 17.6 Å². The van der Waals surface area contributed by atoms with Gasteiger partial charge in [-0.2, -0.15) is 0 Å². The van der Waals surface area contributed by atoms with E-state index in [2.05, 4.69) is 10.2 Å². The smallest absolute Gasteiger partial charge is 0.264 e. The summed E-state index contributed by atoms with van der Waals surface area (Å²) in [6.07, 6.45) is 3.60. The number of amides is 1. The summed E-state index contributed by atoms with van der Waals surface area (Å²) in [5.74, 6) is -0.987. The number of rotatable bonds is 7. The second-order valence-electron chi connectivity index (χ2n) is 7.94. The Morgan fingerprint density at radius 3 is 2.15 bits per heavy atom. The first-order valence-electron chi connectivity index (χ1n) is 10.9. The highest BCUT2D eigenvalue weighted by atomic mass is 32.2. The van der Waals surface area contributed by atoms with Crippen molar-refractivity contribution in [3.05, 3.63) is 84.7 Å². The lowest BCUT2D eigenvalue weighted by Gasteiger charge is -2.29. The molecule has 3 aromatic carbocycles. The van der Waals surface area contributed by atoms with Crippen LogP contribution >= 0.6 is 0 Å². The number of hydrogen-bond acceptors (Lipinski definition) is 4. The van der Waals surface area contributed by atoms with E-state index in [0.717, 1.165) is 23.1 Å². The Bertz CT molecular complexity index is 1180. The van der Waals surface area contributed by atoms with Gasteiger partial charge in [-0.15, -0.1) is 0 Å². The first-order chi connectivity index (χ1) is 15.9. The van der Waals surface area contributed by atoms with Crippen LogP contribution in [0.5, 0.6) is 0 Å². The monoisotopic (exact) mass is 467 g/mol. The van der Waals surface area contributed by atoms with Crippen LogP contribution in [-0.4, -0.2) is 34.0 Å². The summed E-state index contributed by atoms with van der Waals surface area (Å²) >= 11 is 0. The summed E-state index contributed by atoms with van der Waals surface area (Å²) in [5.41, 5.74) is 1.89. The highest BCUT2D eigenvalue weighted by molar-refractivity contribution is 7.92. The summed E-state index contributed by atoms with van der Waals surface area (Å²) in [7, 11) is -4.03. The number of nitrogens with one attached hydrogen (secondary N) is 1. The van der Waals surface area contributed by atoms with Gasteiger partial charge in [-0.05, 0) is 79.9 Å². The third-order valence-electron chi connectivity index (χ3n) is 5.61. The number of anilines is 3. The highest BCUT2D eigenvalue weighted by Crippen LogP contribution is 2.25. The minimum absolute atomic E-state index is 0.0491. The number of sulfonamides is 1. The Morgan fingerprint density at radius 1 is 0.879 bits per heavy atom. The minimum Gasteiger partial charge on any atom is -0.372 e. The van der Waals surface area contributed by atoms with E-state index in [1.807, 2.05) is 24.3 Å². The third kappa shape index (κ3) is 5.51. The molecule has 1 amide bonds. The second-order valence-corrected chi connectivity index (χ2v) is 9.81. The molecule has 1 fully saturated rings. The molecule has 0 unspecified atom stereocenters. The molecule has 0 spiro atoms. The fourth-order valence-corrected chi connectivity index (χ4v) is 5.32. The molecule has 1 aliphatic rings. The number of hydrogen-bond donors (Lipinski definition) is 1. The maximum absolute atomic E-state index is 13.4. The van der Waals surface area contributed by atoms with Crippen molar-refractivity contribution in [3.8, 4) is 0 Å². The van der Waals surface area contributed by atoms with E-state index < -0.39 is 28.3 Å². The molecular weight excluding hydrogens is 441 g/mol. The van der Waals surface area contributed by atoms with Crippen LogP contribution in [0.15, 0.2) is 83.8 Å². The predicted molar refractivity (Wildman–Crippen MR) is 129 cm³/mol. The number of carbonyl (C=O) groups is 1. The Morgan fingerprint density at radius 2 is 1.52 bits per heavy atom. The Labute approximate surface area is 193 Å². The van der Waals surface area contributed by atoms with Crippen LogP contribution in [0, 0.1) is 5.82 Å². The fourth-order valence-electron chi connectivity index (χ4n) is 3.88. The molecule has 0 atom stereocenters. The van der Waals surface area contributed by atoms with Gasteiger partial charge in [0, 0.05) is 24.5 Å². The van der Waals surface area contributed by atoms with Gasteiger partial charge in [0.2, 0.25) is 5.91 Å². The quantitative estimate of drug-likeness (QED) is 0.549. The minimum atomic E-state index is -4.03. The second kappa shape index (κ2) is 10.0. The van der Waals surface area contributed by atoms with Crippen molar-refractivity contribution >= 4 is 33.0 Å². The van der Waals surface area contributed by atoms with Crippen molar-refractivity contribution in [2.45, 2.75) is 24.2 Å². The van der Waals surface area contributed by atoms with Gasteiger partial charge in [0.25, 0.3) is 10.0 Å². The van der Waals surface area contributed by atoms with Gasteiger partial charge in [0.05, 0.1) is 10.6 Å². The van der Waals surface area contributed by atoms with Crippen molar-refractivity contribution in [3.63, 3.8) is 0 Å². The van der Waals surface area contributed by atoms with E-state index in [4.69, 9.17) is 0 Å². The van der Waals surface area contributed by atoms with Gasteiger partial charge >= 0.3 is 0 Å². The SMILES string of the molecule is O=C(CN(c1ccc(F)cc1)S(=O)(=O)c1ccccc1)Nc1ccc(N2CCCCC2)cc1. The fraction of sp³-hybridized carbons (Fsp3) is 0.240. The predicted octanol–water partition coefficient (Wildman–Crippen LogP) is 4.65. The summed E-state index contributed by atoms with van der Waals surface area (Å²) in [6.45, 7) is 1.60. The molecule has 1 saturated heterocycles. The standard InChI is InChI=1S/C25H26FN3O3S/c26-20-9-13-23(14-10-20)29(33(31,32)24-7-3-1-4-8-24)19-25(30)27-21-11-15-22(16-12-21)28-17-5-2-6-18-28/h1,3-4,7-16H,2,5-6,17-19H2,(H,27,30). The van der Waals surface area contributed by atoms with Gasteiger partial charge < -0.3 is 10.2 Å². The molecule has 0 saturated carbocycles. The van der Waals surface area contributed by atoms with E-state index in [0.29, 0.717) is 5.69 Å². The van der Waals surface area contributed by atoms with Crippen LogP contribution in [-0.2, 0) is 14.8 Å². The van der Waals surface area contributed by atoms with Crippen molar-refractivity contribution in [1.29, 1.82) is 0 Å². The lowest BCUT2D eigenvalue weighted by atomic mass is 10.1. The molecule has 1 heterocycles. The maximum Gasteiger partial charge on any atom is 0.264 e. The summed E-state index contributed by atoms with van der Waals surface area (Å²) in [4.78, 5) is 15.2. The molecule has 172 valence electrons. The average Bonchev–Trinajstić information content (AvgIpc) is 2.85. The van der Waals surface area contributed by atoms with Crippen LogP contribution in [0.3, 0.4) is 0 Å². The number of carbonyl (C=O) groups excluding carboxylic acids is 1.